The first kappa shape index (κ1) is 43.1. The number of ether oxygens (including phenoxy) is 2. The monoisotopic (exact) mass is 970 g/mol. The molecule has 0 saturated heterocycles. The van der Waals surface area contributed by atoms with Crippen LogP contribution in [-0.2, 0) is 37.7 Å². The third-order valence-electron chi connectivity index (χ3n) is 12.0. The molecule has 4 aromatic heterocycles. The number of rotatable bonds is 8. The minimum atomic E-state index is -2.21. The fourth-order valence-corrected chi connectivity index (χ4v) is 14.4. The number of ketones is 1. The second-order valence-electron chi connectivity index (χ2n) is 15.8. The summed E-state index contributed by atoms with van der Waals surface area (Å²) in [6.45, 7) is -0.340. The van der Waals surface area contributed by atoms with Crippen LogP contribution in [-0.4, -0.2) is 34.3 Å². The Morgan fingerprint density at radius 1 is 0.594 bits per heavy atom. The van der Waals surface area contributed by atoms with Crippen molar-refractivity contribution >= 4 is 114 Å². The van der Waals surface area contributed by atoms with Crippen LogP contribution >= 0.6 is 45.3 Å². The third kappa shape index (κ3) is 6.70. The van der Waals surface area contributed by atoms with Gasteiger partial charge in [-0.25, -0.2) is 9.98 Å². The molecule has 11 rings (SSSR count). The number of fused-ring (bicyclic) bond motifs is 9. The second-order valence-corrected chi connectivity index (χ2v) is 20.0. The van der Waals surface area contributed by atoms with Gasteiger partial charge in [-0.05, 0) is 39.9 Å². The molecule has 1 N–H and O–H groups in total. The van der Waals surface area contributed by atoms with E-state index >= 15 is 9.59 Å². The molecule has 0 amide bonds. The van der Waals surface area contributed by atoms with Crippen LogP contribution in [0.1, 0.15) is 55.4 Å². The van der Waals surface area contributed by atoms with E-state index in [4.69, 9.17) is 19.5 Å². The molecule has 0 fully saturated rings. The highest BCUT2D eigenvalue weighted by Gasteiger charge is 2.62. The van der Waals surface area contributed by atoms with Gasteiger partial charge in [0, 0.05) is 37.2 Å². The van der Waals surface area contributed by atoms with E-state index in [0.29, 0.717) is 83.1 Å². The zero-order valence-corrected chi connectivity index (χ0v) is 38.6. The fraction of sp³-hybridized carbons (Fsp3) is 0.0755. The summed E-state index contributed by atoms with van der Waals surface area (Å²) in [5, 5.41) is 52.2. The average molecular weight is 971 g/mol. The maximum atomic E-state index is 15.5. The van der Waals surface area contributed by atoms with Crippen LogP contribution < -0.4 is 0 Å². The van der Waals surface area contributed by atoms with Crippen LogP contribution in [0.4, 0.5) is 10.0 Å². The van der Waals surface area contributed by atoms with E-state index in [1.807, 2.05) is 60.7 Å². The molecule has 69 heavy (non-hydrogen) atoms. The van der Waals surface area contributed by atoms with Crippen molar-refractivity contribution in [1.29, 1.82) is 21.0 Å². The number of hydrogen-bond acceptors (Lipinski definition) is 16. The Hall–Kier alpha value is -8.45. The van der Waals surface area contributed by atoms with Crippen molar-refractivity contribution in [2.24, 2.45) is 9.98 Å². The molecular formula is C53H26N6O6S4. The number of carbonyl (C=O) groups is 3. The number of aliphatic hydroxyl groups is 1. The van der Waals surface area contributed by atoms with E-state index < -0.39 is 29.2 Å². The molecule has 4 aromatic carbocycles. The van der Waals surface area contributed by atoms with Gasteiger partial charge >= 0.3 is 11.9 Å². The van der Waals surface area contributed by atoms with Crippen molar-refractivity contribution in [3.05, 3.63) is 177 Å². The van der Waals surface area contributed by atoms with Crippen molar-refractivity contribution in [2.45, 2.75) is 24.7 Å². The number of nitriles is 4. The molecule has 4 heterocycles. The minimum Gasteiger partial charge on any atom is -0.459 e. The molecule has 0 radical (unpaired) electrons. The lowest BCUT2D eigenvalue weighted by molar-refractivity contribution is -0.164. The number of aliphatic imine (C=N–C) groups is 2. The summed E-state index contributed by atoms with van der Waals surface area (Å²) in [4.78, 5) is 55.9. The first-order valence-electron chi connectivity index (χ1n) is 20.9. The molecule has 0 bridgehead atoms. The van der Waals surface area contributed by atoms with Crippen molar-refractivity contribution in [1.82, 2.24) is 0 Å². The SMILES string of the molecule is N#CC(C#N)=C1C(=Nc2cc3sc4c(c3s2)C(C(=O)OCc2ccccc2)(C(=O)OCc2ccccc2)c2c-4sc3cc(N=C4C(=C(C#N)C#N)c5ccccc5C4O)sc23)C(=O)c2ccccc21. The second kappa shape index (κ2) is 17.0. The molecule has 16 heteroatoms. The van der Waals surface area contributed by atoms with Crippen molar-refractivity contribution in [2.75, 3.05) is 0 Å². The van der Waals surface area contributed by atoms with Gasteiger partial charge in [0.25, 0.3) is 0 Å². The predicted molar refractivity (Wildman–Crippen MR) is 264 cm³/mol. The Morgan fingerprint density at radius 2 is 1.06 bits per heavy atom. The van der Waals surface area contributed by atoms with E-state index in [1.54, 1.807) is 84.9 Å². The normalized spacial score (nSPS) is 16.1. The van der Waals surface area contributed by atoms with Gasteiger partial charge in [-0.1, -0.05) is 109 Å². The number of allylic oxidation sites excluding steroid dienone is 3. The van der Waals surface area contributed by atoms with E-state index in [1.165, 1.54) is 34.0 Å². The molecule has 328 valence electrons. The number of aliphatic hydroxyl groups excluding tert-OH is 1. The molecule has 1 atom stereocenters. The molecular weight excluding hydrogens is 945 g/mol. The van der Waals surface area contributed by atoms with Gasteiger partial charge in [0.2, 0.25) is 11.2 Å². The zero-order chi connectivity index (χ0) is 47.6. The molecule has 0 aliphatic heterocycles. The average Bonchev–Trinajstić information content (AvgIpc) is 4.24. The van der Waals surface area contributed by atoms with Crippen LogP contribution in [0.2, 0.25) is 0 Å². The zero-order valence-electron chi connectivity index (χ0n) is 35.3. The summed E-state index contributed by atoms with van der Waals surface area (Å²) in [6.07, 6.45) is -1.25. The number of nitrogens with zero attached hydrogens (tertiary/aromatic N) is 6. The lowest BCUT2D eigenvalue weighted by Gasteiger charge is -2.27. The van der Waals surface area contributed by atoms with Crippen molar-refractivity contribution < 1.29 is 29.0 Å². The van der Waals surface area contributed by atoms with E-state index in [2.05, 4.69) is 0 Å². The van der Waals surface area contributed by atoms with Gasteiger partial charge in [-0.2, -0.15) is 21.0 Å². The Kier molecular flexibility index (Phi) is 10.6. The number of esters is 2. The summed E-state index contributed by atoms with van der Waals surface area (Å²) in [6, 6.07) is 43.0. The largest absolute Gasteiger partial charge is 0.459 e. The molecule has 3 aliphatic rings. The summed E-state index contributed by atoms with van der Waals surface area (Å²) < 4.78 is 14.8. The van der Waals surface area contributed by atoms with Gasteiger partial charge in [-0.15, -0.1) is 45.3 Å². The van der Waals surface area contributed by atoms with Crippen LogP contribution in [0.15, 0.2) is 142 Å². The Balaban J connectivity index is 1.12. The van der Waals surface area contributed by atoms with Gasteiger partial charge < -0.3 is 14.6 Å². The highest BCUT2D eigenvalue weighted by atomic mass is 32.1. The Bertz CT molecular complexity index is 3790. The first-order chi connectivity index (χ1) is 33.7. The quantitative estimate of drug-likeness (QED) is 0.0865. The number of Topliss-reactive ketones (excluding diaryl/α,β-unsaturated/α-hetero) is 1. The Morgan fingerprint density at radius 3 is 1.59 bits per heavy atom. The highest BCUT2D eigenvalue weighted by Crippen LogP contribution is 2.64. The van der Waals surface area contributed by atoms with Gasteiger partial charge in [0.05, 0.1) is 24.9 Å². The first-order valence-corrected chi connectivity index (χ1v) is 24.2. The van der Waals surface area contributed by atoms with E-state index in [-0.39, 0.29) is 46.9 Å². The van der Waals surface area contributed by atoms with Crippen LogP contribution in [0.25, 0.3) is 39.7 Å². The minimum absolute atomic E-state index is 0.0747. The number of carbonyl (C=O) groups excluding carboxylic acids is 3. The summed E-state index contributed by atoms with van der Waals surface area (Å²) in [5.74, 6) is -2.22. The smallest absolute Gasteiger partial charge is 0.333 e. The molecule has 0 saturated carbocycles. The maximum absolute atomic E-state index is 15.5. The third-order valence-corrected chi connectivity index (χ3v) is 16.8. The Labute approximate surface area is 407 Å². The fourth-order valence-electron chi connectivity index (χ4n) is 9.04. The summed E-state index contributed by atoms with van der Waals surface area (Å²) >= 11 is 5.02. The molecule has 3 aliphatic carbocycles. The van der Waals surface area contributed by atoms with Crippen LogP contribution in [0.5, 0.6) is 0 Å². The topological polar surface area (TPSA) is 210 Å². The number of benzene rings is 4. The van der Waals surface area contributed by atoms with Gasteiger partial charge in [0.1, 0.15) is 70.5 Å². The van der Waals surface area contributed by atoms with Crippen molar-refractivity contribution in [3.63, 3.8) is 0 Å². The van der Waals surface area contributed by atoms with E-state index in [0.717, 1.165) is 11.3 Å². The summed E-state index contributed by atoms with van der Waals surface area (Å²) in [7, 11) is 0. The van der Waals surface area contributed by atoms with Gasteiger partial charge in [0.15, 0.2) is 0 Å². The van der Waals surface area contributed by atoms with Crippen LogP contribution in [0.3, 0.4) is 0 Å². The number of hydrogen-bond donors (Lipinski definition) is 1. The molecule has 0 spiro atoms. The maximum Gasteiger partial charge on any atom is 0.333 e. The van der Waals surface area contributed by atoms with Crippen molar-refractivity contribution in [3.8, 4) is 34.0 Å². The summed E-state index contributed by atoms with van der Waals surface area (Å²) in [5.41, 5.74) is 1.48. The van der Waals surface area contributed by atoms with Crippen LogP contribution in [0, 0.1) is 45.3 Å². The lowest BCUT2D eigenvalue weighted by Crippen LogP contribution is -2.45. The highest BCUT2D eigenvalue weighted by molar-refractivity contribution is 7.36. The molecule has 12 nitrogen and oxygen atoms in total. The van der Waals surface area contributed by atoms with E-state index in [9.17, 15) is 30.9 Å². The molecule has 1 unspecified atom stereocenters. The predicted octanol–water partition coefficient (Wildman–Crippen LogP) is 11.4. The number of thiophene rings is 4. The lowest BCUT2D eigenvalue weighted by atomic mass is 9.79. The van der Waals surface area contributed by atoms with Gasteiger partial charge in [-0.3, -0.25) is 14.4 Å². The molecule has 8 aromatic rings. The standard InChI is InChI=1S/C53H26N6O6S4/c54-21-29(22-55)39-31-15-7-9-17-33(31)45(60)43(39)58-37-19-35-47(68-37)41-49(66-35)50-42(53(41,51(62)64-25-27-11-3-1-4-12-27)52(63)65-26-28-13-5-2-6-14-28)48-36(67-50)20-38(69-48)59-44-40(30(23-56)24-57)32-16-8-10-18-34(32)46(44)61/h1-20,45,60H,25-26H2.